The highest BCUT2D eigenvalue weighted by Crippen LogP contribution is 2.28. The highest BCUT2D eigenvalue weighted by Gasteiger charge is 2.33. The van der Waals surface area contributed by atoms with Gasteiger partial charge in [-0.2, -0.15) is 18.7 Å². The number of amidine groups is 2. The number of fused-ring (bicyclic) bond motifs is 1. The molecule has 5 rings (SSSR count). The zero-order valence-electron chi connectivity index (χ0n) is 23.1. The number of carbonyl (C=O) groups excluding carboxylic acids is 2. The number of nitrogens with one attached hydrogen (secondary N) is 3. The van der Waals surface area contributed by atoms with Gasteiger partial charge in [0.1, 0.15) is 23.0 Å². The number of benzene rings is 2. The number of amides is 2. The molecule has 0 saturated heterocycles. The number of aliphatic imine (C=N–C) groups is 2. The zero-order valence-corrected chi connectivity index (χ0v) is 23.9. The van der Waals surface area contributed by atoms with E-state index < -0.39 is 22.2 Å². The summed E-state index contributed by atoms with van der Waals surface area (Å²) in [6.45, 7) is 1.78. The summed E-state index contributed by atoms with van der Waals surface area (Å²) in [6, 6.07) is 10.6. The van der Waals surface area contributed by atoms with Gasteiger partial charge in [0, 0.05) is 32.1 Å². The quantitative estimate of drug-likeness (QED) is 0.333. The zero-order chi connectivity index (χ0) is 30.7. The Bertz CT molecular complexity index is 1890. The largest absolute Gasteiger partial charge is 0.437 e. The molecule has 2 aliphatic rings. The third kappa shape index (κ3) is 6.60. The van der Waals surface area contributed by atoms with E-state index in [1.54, 1.807) is 63.7 Å². The van der Waals surface area contributed by atoms with Gasteiger partial charge in [0.05, 0.1) is 23.4 Å². The number of aromatic amines is 1. The molecule has 2 aliphatic heterocycles. The van der Waals surface area contributed by atoms with Gasteiger partial charge in [0.2, 0.25) is 16.2 Å². The molecule has 3 aromatic rings. The fourth-order valence-corrected chi connectivity index (χ4v) is 4.47. The maximum atomic E-state index is 12.7. The number of hydrogen-bond donors (Lipinski definition) is 3. The van der Waals surface area contributed by atoms with Crippen molar-refractivity contribution in [1.29, 1.82) is 5.26 Å². The van der Waals surface area contributed by atoms with E-state index in [0.29, 0.717) is 33.8 Å². The third-order valence-corrected chi connectivity index (χ3v) is 6.71. The smallest absolute Gasteiger partial charge is 0.304 e. The van der Waals surface area contributed by atoms with Crippen LogP contribution in [-0.4, -0.2) is 72.5 Å². The van der Waals surface area contributed by atoms with Crippen molar-refractivity contribution < 1.29 is 27.5 Å². The summed E-state index contributed by atoms with van der Waals surface area (Å²) < 4.78 is 34.7. The second-order valence-corrected chi connectivity index (χ2v) is 10.4. The van der Waals surface area contributed by atoms with Crippen LogP contribution in [0.4, 0.5) is 0 Å². The summed E-state index contributed by atoms with van der Waals surface area (Å²) in [4.78, 5) is 42.6. The van der Waals surface area contributed by atoms with Crippen LogP contribution in [0, 0.1) is 18.3 Å². The molecular formula is C28H24N8O6S. The summed E-state index contributed by atoms with van der Waals surface area (Å²) >= 11 is 0. The highest BCUT2D eigenvalue weighted by molar-refractivity contribution is 7.71. The van der Waals surface area contributed by atoms with E-state index in [4.69, 9.17) is 9.47 Å². The molecule has 43 heavy (non-hydrogen) atoms. The van der Waals surface area contributed by atoms with Gasteiger partial charge in [-0.1, -0.05) is 6.07 Å². The van der Waals surface area contributed by atoms with E-state index in [1.165, 1.54) is 11.0 Å². The molecule has 0 spiro atoms. The Kier molecular flexibility index (Phi) is 8.03. The molecule has 1 atom stereocenters. The van der Waals surface area contributed by atoms with Crippen LogP contribution in [-0.2, 0) is 26.3 Å². The summed E-state index contributed by atoms with van der Waals surface area (Å²) in [6.07, 6.45) is 3.32. The number of imidazole rings is 1. The Balaban J connectivity index is 1.59. The number of nitrogens with zero attached hydrogens (tertiary/aromatic N) is 5. The molecule has 218 valence electrons. The standard InChI is InChI=1S/C28H24N8O6S/c1-15-4-5-16(13-29)10-21(15)42-28-34-25-23(33-26(38)20(32-25)14-43(39)40)27(35-28)41-19-9-17(11-22(37)36(2)3)8-18(12-19)24-30-6-7-31-24/h4-10,12,14,20H,11H2,1-3H3,(H,30,31)(H,33,38)(H,32,34,35). The summed E-state index contributed by atoms with van der Waals surface area (Å²) in [5, 5.41) is 15.5. The Labute approximate surface area is 246 Å². The second kappa shape index (κ2) is 12.0. The molecule has 2 amide bonds. The molecule has 1 unspecified atom stereocenters. The van der Waals surface area contributed by atoms with Crippen molar-refractivity contribution in [2.45, 2.75) is 19.4 Å². The molecule has 0 saturated carbocycles. The van der Waals surface area contributed by atoms with Crippen molar-refractivity contribution in [2.75, 3.05) is 14.1 Å². The number of H-pyrrole nitrogens is 1. The lowest BCUT2D eigenvalue weighted by molar-refractivity contribution is -0.128. The minimum atomic E-state index is -2.66. The Morgan fingerprint density at radius 3 is 2.67 bits per heavy atom. The molecule has 15 heteroatoms. The van der Waals surface area contributed by atoms with Crippen molar-refractivity contribution >= 4 is 39.3 Å². The van der Waals surface area contributed by atoms with Crippen LogP contribution >= 0.6 is 0 Å². The number of ether oxygens (including phenoxy) is 2. The first-order chi connectivity index (χ1) is 20.6. The van der Waals surface area contributed by atoms with Gasteiger partial charge in [-0.15, -0.1) is 0 Å². The van der Waals surface area contributed by atoms with Crippen LogP contribution in [0.1, 0.15) is 16.7 Å². The fraction of sp³-hybridized carbons (Fsp3) is 0.179. The minimum absolute atomic E-state index is 0.0330. The van der Waals surface area contributed by atoms with E-state index in [9.17, 15) is 23.3 Å². The number of carbonyl (C=O) groups is 2. The van der Waals surface area contributed by atoms with Gasteiger partial charge in [0.25, 0.3) is 11.8 Å². The Morgan fingerprint density at radius 1 is 1.16 bits per heavy atom. The molecule has 14 nitrogen and oxygen atoms in total. The summed E-state index contributed by atoms with van der Waals surface area (Å²) in [7, 11) is 0.647. The average Bonchev–Trinajstić information content (AvgIpc) is 3.50. The molecule has 0 bridgehead atoms. The normalized spacial score (nSPS) is 15.6. The molecular weight excluding hydrogens is 576 g/mol. The first-order valence-corrected chi connectivity index (χ1v) is 13.9. The molecule has 2 aromatic carbocycles. The van der Waals surface area contributed by atoms with Gasteiger partial charge in [-0.25, -0.2) is 9.98 Å². The topological polar surface area (TPSA) is 191 Å². The van der Waals surface area contributed by atoms with Crippen LogP contribution < -0.4 is 20.1 Å². The first kappa shape index (κ1) is 28.8. The number of nitriles is 1. The highest BCUT2D eigenvalue weighted by atomic mass is 32.2. The van der Waals surface area contributed by atoms with Crippen molar-refractivity contribution in [2.24, 2.45) is 9.98 Å². The van der Waals surface area contributed by atoms with Gasteiger partial charge in [0.15, 0.2) is 11.9 Å². The number of rotatable bonds is 7. The van der Waals surface area contributed by atoms with Gasteiger partial charge >= 0.3 is 6.02 Å². The predicted octanol–water partition coefficient (Wildman–Crippen LogP) is 1.05. The SMILES string of the molecule is Cc1ccc(C#N)cc1OC1=NC(Oc2cc(CC(=O)N(C)C)cc(-c3ncc[nH]3)c2)=C2NC(=O)C(C=S(=O)=O)N=C2N1. The molecule has 3 heterocycles. The molecule has 0 fully saturated rings. The maximum absolute atomic E-state index is 12.7. The van der Waals surface area contributed by atoms with E-state index in [1.807, 2.05) is 6.07 Å². The number of aromatic nitrogens is 2. The van der Waals surface area contributed by atoms with Crippen molar-refractivity contribution in [3.05, 3.63) is 77.1 Å². The van der Waals surface area contributed by atoms with Crippen LogP contribution in [0.3, 0.4) is 0 Å². The van der Waals surface area contributed by atoms with Crippen molar-refractivity contribution in [3.8, 4) is 29.0 Å². The number of hydrogen-bond acceptors (Lipinski definition) is 11. The monoisotopic (exact) mass is 600 g/mol. The van der Waals surface area contributed by atoms with Gasteiger partial charge < -0.3 is 24.7 Å². The molecule has 0 aliphatic carbocycles. The number of likely N-dealkylation sites (N-methyl/N-ethyl adjacent to an activating group) is 1. The van der Waals surface area contributed by atoms with Crippen LogP contribution in [0.25, 0.3) is 11.4 Å². The van der Waals surface area contributed by atoms with Crippen LogP contribution in [0.5, 0.6) is 11.5 Å². The lowest BCUT2D eigenvalue weighted by atomic mass is 10.1. The first-order valence-electron chi connectivity index (χ1n) is 12.7. The maximum Gasteiger partial charge on any atom is 0.304 e. The third-order valence-electron chi connectivity index (χ3n) is 6.23. The van der Waals surface area contributed by atoms with E-state index >= 15 is 0 Å². The summed E-state index contributed by atoms with van der Waals surface area (Å²) in [5.74, 6) is 0.162. The lowest BCUT2D eigenvalue weighted by Crippen LogP contribution is -2.51. The predicted molar refractivity (Wildman–Crippen MR) is 156 cm³/mol. The molecule has 3 N–H and O–H groups in total. The fourth-order valence-electron chi connectivity index (χ4n) is 4.07. The van der Waals surface area contributed by atoms with Gasteiger partial charge in [-0.05, 0) is 48.4 Å². The van der Waals surface area contributed by atoms with Gasteiger partial charge in [-0.3, -0.25) is 14.9 Å². The number of aryl methyl sites for hydroxylation is 1. The van der Waals surface area contributed by atoms with Crippen LogP contribution in [0.15, 0.2) is 70.4 Å². The second-order valence-electron chi connectivity index (χ2n) is 9.60. The Hall–Kier alpha value is -5.75. The average molecular weight is 601 g/mol. The summed E-state index contributed by atoms with van der Waals surface area (Å²) in [5.41, 5.74) is 2.35. The van der Waals surface area contributed by atoms with E-state index in [0.717, 1.165) is 5.37 Å². The molecule has 0 radical (unpaired) electrons. The van der Waals surface area contributed by atoms with E-state index in [-0.39, 0.29) is 41.5 Å². The van der Waals surface area contributed by atoms with E-state index in [2.05, 4.69) is 30.6 Å². The lowest BCUT2D eigenvalue weighted by Gasteiger charge is -2.27. The van der Waals surface area contributed by atoms with Crippen molar-refractivity contribution in [1.82, 2.24) is 25.5 Å². The van der Waals surface area contributed by atoms with Crippen molar-refractivity contribution in [3.63, 3.8) is 0 Å². The minimum Gasteiger partial charge on any atom is -0.437 e. The molecule has 1 aromatic heterocycles. The van der Waals surface area contributed by atoms with Crippen LogP contribution in [0.2, 0.25) is 0 Å². The Morgan fingerprint density at radius 2 is 1.98 bits per heavy atom.